The molecule has 0 aliphatic heterocycles. The number of hydrogen-bond donors (Lipinski definition) is 5. The van der Waals surface area contributed by atoms with Gasteiger partial charge in [0.15, 0.2) is 0 Å². The normalized spacial score (nSPS) is 17.3. The average Bonchev–Trinajstić information content (AvgIpc) is 2.80. The van der Waals surface area contributed by atoms with Gasteiger partial charge >= 0.3 is 11.9 Å². The van der Waals surface area contributed by atoms with Crippen LogP contribution < -0.4 is 5.73 Å². The van der Waals surface area contributed by atoms with Crippen LogP contribution in [-0.2, 0) is 23.9 Å². The lowest BCUT2D eigenvalue weighted by atomic mass is 9.87. The number of ether oxygens (including phenoxy) is 1. The Kier molecular flexibility index (Phi) is 17.0. The number of aliphatic hydroxyl groups is 2. The smallest absolute Gasteiger partial charge is 0.327 e. The summed E-state index contributed by atoms with van der Waals surface area (Å²) in [5.74, 6) is -4.34. The quantitative estimate of drug-likeness (QED) is 0.0905. The van der Waals surface area contributed by atoms with Gasteiger partial charge in [0.1, 0.15) is 11.9 Å². The first-order valence-electron chi connectivity index (χ1n) is 12.5. The maximum atomic E-state index is 12.6. The number of Topliss-reactive ketones (excluding diaryl/α,β-unsaturated/α-hetero) is 1. The van der Waals surface area contributed by atoms with Crippen LogP contribution in [0.3, 0.4) is 0 Å². The zero-order chi connectivity index (χ0) is 28.5. The molecule has 0 aromatic carbocycles. The number of aliphatic carboxylic acids is 2. The molecule has 0 aliphatic rings. The number of rotatable bonds is 20. The Morgan fingerprint density at radius 2 is 1.62 bits per heavy atom. The van der Waals surface area contributed by atoms with E-state index in [1.54, 1.807) is 45.1 Å². The molecule has 10 nitrogen and oxygen atoms in total. The molecule has 0 spiro atoms. The first kappa shape index (κ1) is 34.2. The van der Waals surface area contributed by atoms with Crippen LogP contribution >= 0.6 is 0 Å². The number of amides is 1. The molecule has 37 heavy (non-hydrogen) atoms. The van der Waals surface area contributed by atoms with E-state index < -0.39 is 53.9 Å². The SMILES string of the molecule is CO[C@H](/C=C/CC/C=C/C(=O)O)[C@@H](O)[C@H](C)/C=C(\C)[C@H](O)[C@@H](C)C(=O)CCC[C@@H](CC(N)=O)CC(=O)O. The molecule has 0 rings (SSSR count). The predicted molar refractivity (Wildman–Crippen MR) is 138 cm³/mol. The van der Waals surface area contributed by atoms with Crippen molar-refractivity contribution >= 4 is 23.6 Å². The first-order valence-corrected chi connectivity index (χ1v) is 12.5. The minimum absolute atomic E-state index is 0.0554. The highest BCUT2D eigenvalue weighted by atomic mass is 16.5. The van der Waals surface area contributed by atoms with Gasteiger partial charge in [0.05, 0.1) is 12.2 Å². The van der Waals surface area contributed by atoms with E-state index in [-0.39, 0.29) is 25.0 Å². The fraction of sp³-hybridized carbons (Fsp3) is 0.630. The van der Waals surface area contributed by atoms with Gasteiger partial charge in [-0.15, -0.1) is 0 Å². The number of carboxylic acid groups (broad SMARTS) is 2. The van der Waals surface area contributed by atoms with Gasteiger partial charge in [-0.2, -0.15) is 0 Å². The van der Waals surface area contributed by atoms with Crippen molar-refractivity contribution in [3.63, 3.8) is 0 Å². The highest BCUT2D eigenvalue weighted by Gasteiger charge is 2.26. The molecule has 10 heteroatoms. The zero-order valence-corrected chi connectivity index (χ0v) is 22.2. The van der Waals surface area contributed by atoms with Gasteiger partial charge in [-0.05, 0) is 44.1 Å². The van der Waals surface area contributed by atoms with E-state index in [0.29, 0.717) is 31.3 Å². The van der Waals surface area contributed by atoms with Gasteiger partial charge in [0.2, 0.25) is 5.91 Å². The molecule has 0 heterocycles. The molecule has 0 aromatic rings. The fourth-order valence-electron chi connectivity index (χ4n) is 4.02. The van der Waals surface area contributed by atoms with Crippen LogP contribution in [-0.4, -0.2) is 69.5 Å². The Morgan fingerprint density at radius 1 is 1.00 bits per heavy atom. The van der Waals surface area contributed by atoms with Crippen LogP contribution in [0.15, 0.2) is 36.0 Å². The first-order chi connectivity index (χ1) is 17.3. The van der Waals surface area contributed by atoms with Crippen molar-refractivity contribution in [3.05, 3.63) is 36.0 Å². The van der Waals surface area contributed by atoms with Gasteiger partial charge < -0.3 is 30.9 Å². The molecule has 210 valence electrons. The molecule has 0 saturated carbocycles. The van der Waals surface area contributed by atoms with Crippen LogP contribution in [0.5, 0.6) is 0 Å². The Bertz CT molecular complexity index is 818. The van der Waals surface area contributed by atoms with Gasteiger partial charge in [0, 0.05) is 44.3 Å². The number of allylic oxidation sites excluding steroid dienone is 2. The number of ketones is 1. The number of carbonyl (C=O) groups is 4. The third-order valence-electron chi connectivity index (χ3n) is 6.20. The minimum atomic E-state index is -1.06. The third kappa shape index (κ3) is 15.1. The van der Waals surface area contributed by atoms with E-state index in [9.17, 15) is 29.4 Å². The second kappa shape index (κ2) is 18.4. The van der Waals surface area contributed by atoms with E-state index in [0.717, 1.165) is 6.08 Å². The van der Waals surface area contributed by atoms with Crippen molar-refractivity contribution in [2.45, 2.75) is 84.0 Å². The second-order valence-corrected chi connectivity index (χ2v) is 9.43. The molecule has 0 saturated heterocycles. The van der Waals surface area contributed by atoms with Gasteiger partial charge in [-0.25, -0.2) is 4.79 Å². The van der Waals surface area contributed by atoms with Crippen molar-refractivity contribution < 1.29 is 44.3 Å². The molecule has 1 amide bonds. The number of primary amides is 1. The highest BCUT2D eigenvalue weighted by Crippen LogP contribution is 2.22. The number of unbranched alkanes of at least 4 members (excludes halogenated alkanes) is 1. The molecule has 0 bridgehead atoms. The van der Waals surface area contributed by atoms with Crippen LogP contribution in [0.4, 0.5) is 0 Å². The highest BCUT2D eigenvalue weighted by molar-refractivity contribution is 5.81. The zero-order valence-electron chi connectivity index (χ0n) is 22.2. The number of carbonyl (C=O) groups excluding carboxylic acids is 2. The van der Waals surface area contributed by atoms with E-state index in [2.05, 4.69) is 0 Å². The van der Waals surface area contributed by atoms with Crippen molar-refractivity contribution in [1.29, 1.82) is 0 Å². The van der Waals surface area contributed by atoms with E-state index in [1.807, 2.05) is 0 Å². The Hall–Kier alpha value is -2.82. The molecular weight excluding hydrogens is 482 g/mol. The third-order valence-corrected chi connectivity index (χ3v) is 6.20. The predicted octanol–water partition coefficient (Wildman–Crippen LogP) is 2.62. The summed E-state index contributed by atoms with van der Waals surface area (Å²) < 4.78 is 5.36. The topological polar surface area (TPSA) is 184 Å². The van der Waals surface area contributed by atoms with Crippen LogP contribution in [0.1, 0.15) is 65.7 Å². The van der Waals surface area contributed by atoms with Crippen LogP contribution in [0.25, 0.3) is 0 Å². The summed E-state index contributed by atoms with van der Waals surface area (Å²) in [5, 5.41) is 38.9. The van der Waals surface area contributed by atoms with Crippen molar-refractivity contribution in [2.75, 3.05) is 7.11 Å². The molecule has 0 fully saturated rings. The lowest BCUT2D eigenvalue weighted by molar-refractivity contribution is -0.138. The summed E-state index contributed by atoms with van der Waals surface area (Å²) in [4.78, 5) is 45.2. The molecule has 0 unspecified atom stereocenters. The molecule has 0 radical (unpaired) electrons. The lowest BCUT2D eigenvalue weighted by Crippen LogP contribution is -2.32. The Labute approximate surface area is 218 Å². The number of carboxylic acids is 2. The van der Waals surface area contributed by atoms with Crippen molar-refractivity contribution in [2.24, 2.45) is 23.5 Å². The summed E-state index contributed by atoms with van der Waals surface area (Å²) in [6, 6.07) is 0. The summed E-state index contributed by atoms with van der Waals surface area (Å²) in [7, 11) is 1.46. The molecule has 0 aromatic heterocycles. The van der Waals surface area contributed by atoms with E-state index in [1.165, 1.54) is 7.11 Å². The average molecular weight is 526 g/mol. The minimum Gasteiger partial charge on any atom is -0.481 e. The Balaban J connectivity index is 4.92. The summed E-state index contributed by atoms with van der Waals surface area (Å²) in [6.45, 7) is 5.06. The summed E-state index contributed by atoms with van der Waals surface area (Å²) in [5.41, 5.74) is 5.70. The van der Waals surface area contributed by atoms with E-state index >= 15 is 0 Å². The standard InChI is InChI=1S/C27H43NO9/c1-17(14-18(2)27(36)22(37-4)12-7-5-6-8-13-24(31)32)26(35)19(3)21(29)11-9-10-20(15-23(28)30)16-25(33)34/h7-8,12-14,18-20,22,26-27,35-36H,5-6,9-11,15-16H2,1-4H3,(H2,28,30)(H,31,32)(H,33,34)/b12-7+,13-8+,17-14+/t18-,19+,20+,22-,26+,27+/m1/s1. The molecular formula is C27H43NO9. The van der Waals surface area contributed by atoms with E-state index in [4.69, 9.17) is 20.7 Å². The van der Waals surface area contributed by atoms with Gasteiger partial charge in [0.25, 0.3) is 0 Å². The monoisotopic (exact) mass is 525 g/mol. The fourth-order valence-corrected chi connectivity index (χ4v) is 4.02. The number of nitrogens with two attached hydrogens (primary N) is 1. The molecule has 0 aliphatic carbocycles. The maximum Gasteiger partial charge on any atom is 0.327 e. The second-order valence-electron chi connectivity index (χ2n) is 9.43. The van der Waals surface area contributed by atoms with Gasteiger partial charge in [-0.3, -0.25) is 14.4 Å². The van der Waals surface area contributed by atoms with Crippen molar-refractivity contribution in [3.8, 4) is 0 Å². The number of aliphatic hydroxyl groups excluding tert-OH is 2. The number of hydrogen-bond acceptors (Lipinski definition) is 7. The summed E-state index contributed by atoms with van der Waals surface area (Å²) >= 11 is 0. The number of methoxy groups -OCH3 is 1. The molecule has 6 atom stereocenters. The van der Waals surface area contributed by atoms with Crippen molar-refractivity contribution in [1.82, 2.24) is 0 Å². The lowest BCUT2D eigenvalue weighted by Gasteiger charge is -2.25. The Morgan fingerprint density at radius 3 is 2.16 bits per heavy atom. The van der Waals surface area contributed by atoms with Gasteiger partial charge in [-0.1, -0.05) is 38.2 Å². The van der Waals surface area contributed by atoms with Crippen LogP contribution in [0.2, 0.25) is 0 Å². The van der Waals surface area contributed by atoms with Crippen LogP contribution in [0, 0.1) is 17.8 Å². The summed E-state index contributed by atoms with van der Waals surface area (Å²) in [6.07, 6.45) is 6.98. The molecule has 6 N–H and O–H groups in total. The largest absolute Gasteiger partial charge is 0.481 e. The maximum absolute atomic E-state index is 12.6.